The van der Waals surface area contributed by atoms with E-state index in [9.17, 15) is 78.6 Å². The number of carboxylic acid groups (broad SMARTS) is 1. The lowest BCUT2D eigenvalue weighted by Gasteiger charge is -2.34. The number of carbonyl (C=O) groups is 10. The number of guanidine groups is 2. The average Bonchev–Trinajstić information content (AvgIpc) is 4.12. The summed E-state index contributed by atoms with van der Waals surface area (Å²) < 4.78 is 0. The summed E-state index contributed by atoms with van der Waals surface area (Å²) in [5.74, 6) is -10.7. The number of nitrogens with zero attached hydrogens (tertiary/aromatic N) is 4. The Bertz CT molecular complexity index is 2360. The Hall–Kier alpha value is -7.78. The standard InChI is InChI=1S/C48H78N16O16/c1-24(68)35(61-37(70)27(49)21-65)43(76)59-31(22-66)41(74)57-28(12-6-16-54-47(50)51)38(71)56-29(13-7-17-55-48(52)53)39(72)58-30(20-26-10-4-3-5-11-26)40(73)62-36(25(2)69)45(78)64-19-9-15-34(64)44(77)63-18-8-14-33(63)42(75)60-32(23-67)46(79)80/h3-5,10-11,24-25,27-36,65-69H,6-9,12-23,49H2,1-2H3,(H,56,71)(H,57,74)(H,58,72)(H,59,76)(H,60,75)(H,61,70)(H,62,73)(H,79,80)(H4,50,51,54)(H4,52,53,55)/t24-,25-,27+,28+,29+,30+,31+,32+,33+,34+,35+,36+/m1/s1. The molecule has 1 aromatic carbocycles. The number of aliphatic carboxylic acids is 1. The van der Waals surface area contributed by atoms with Crippen LogP contribution < -0.4 is 65.9 Å². The Morgan fingerprint density at radius 1 is 0.575 bits per heavy atom. The van der Waals surface area contributed by atoms with Gasteiger partial charge >= 0.3 is 5.97 Å². The fraction of sp³-hybridized carbons (Fsp3) is 0.625. The van der Waals surface area contributed by atoms with Crippen LogP contribution in [0.4, 0.5) is 0 Å². The van der Waals surface area contributed by atoms with Crippen molar-refractivity contribution in [2.45, 2.75) is 144 Å². The monoisotopic (exact) mass is 1130 g/mol. The maximum atomic E-state index is 14.5. The van der Waals surface area contributed by atoms with E-state index < -0.39 is 152 Å². The molecule has 0 aromatic heterocycles. The molecule has 23 N–H and O–H groups in total. The van der Waals surface area contributed by atoms with Gasteiger partial charge < -0.3 is 106 Å². The average molecular weight is 1140 g/mol. The molecule has 0 spiro atoms. The van der Waals surface area contributed by atoms with Gasteiger partial charge in [0.15, 0.2) is 11.9 Å². The van der Waals surface area contributed by atoms with Crippen molar-refractivity contribution in [1.29, 1.82) is 0 Å². The number of carboxylic acids is 1. The Labute approximate surface area is 460 Å². The summed E-state index contributed by atoms with van der Waals surface area (Å²) in [4.78, 5) is 146. The van der Waals surface area contributed by atoms with Crippen molar-refractivity contribution in [3.05, 3.63) is 35.9 Å². The summed E-state index contributed by atoms with van der Waals surface area (Å²) in [6, 6.07) is -6.96. The molecule has 1 aromatic rings. The molecule has 9 amide bonds. The van der Waals surface area contributed by atoms with E-state index in [0.717, 1.165) is 6.92 Å². The molecule has 0 unspecified atom stereocenters. The molecule has 2 aliphatic rings. The molecule has 32 heteroatoms. The van der Waals surface area contributed by atoms with Gasteiger partial charge in [0, 0.05) is 32.6 Å². The fourth-order valence-electron chi connectivity index (χ4n) is 8.68. The van der Waals surface area contributed by atoms with Crippen molar-refractivity contribution in [2.75, 3.05) is 46.0 Å². The number of aliphatic imine (C=N–C) groups is 2. The largest absolute Gasteiger partial charge is 0.480 e. The number of nitrogens with two attached hydrogens (primary N) is 5. The fourth-order valence-corrected chi connectivity index (χ4v) is 8.68. The molecule has 446 valence electrons. The van der Waals surface area contributed by atoms with Crippen LogP contribution in [-0.4, -0.2) is 230 Å². The van der Waals surface area contributed by atoms with Crippen LogP contribution in [0.25, 0.3) is 0 Å². The second kappa shape index (κ2) is 33.0. The van der Waals surface area contributed by atoms with Gasteiger partial charge in [-0.3, -0.25) is 53.1 Å². The summed E-state index contributed by atoms with van der Waals surface area (Å²) in [7, 11) is 0. The lowest BCUT2D eigenvalue weighted by Crippen LogP contribution is -2.62. The first-order valence-corrected chi connectivity index (χ1v) is 25.9. The van der Waals surface area contributed by atoms with Crippen LogP contribution in [0.15, 0.2) is 40.3 Å². The highest BCUT2D eigenvalue weighted by molar-refractivity contribution is 5.99. The van der Waals surface area contributed by atoms with Gasteiger partial charge in [-0.05, 0) is 70.8 Å². The molecule has 0 saturated carbocycles. The van der Waals surface area contributed by atoms with Crippen LogP contribution in [0, 0.1) is 0 Å². The van der Waals surface area contributed by atoms with Gasteiger partial charge in [-0.1, -0.05) is 30.3 Å². The minimum absolute atomic E-state index is 0.00584. The highest BCUT2D eigenvalue weighted by Crippen LogP contribution is 2.26. The second-order valence-electron chi connectivity index (χ2n) is 19.2. The van der Waals surface area contributed by atoms with E-state index >= 15 is 0 Å². The third kappa shape index (κ3) is 20.5. The number of nitrogens with one attached hydrogen (secondary N) is 7. The molecule has 0 aliphatic carbocycles. The van der Waals surface area contributed by atoms with Crippen LogP contribution >= 0.6 is 0 Å². The quantitative estimate of drug-likeness (QED) is 0.0181. The number of hydrogen-bond donors (Lipinski definition) is 18. The van der Waals surface area contributed by atoms with Gasteiger partial charge in [-0.25, -0.2) is 4.79 Å². The van der Waals surface area contributed by atoms with E-state index in [1.165, 1.54) is 16.7 Å². The first-order chi connectivity index (χ1) is 37.8. The molecular weight excluding hydrogens is 1060 g/mol. The number of carbonyl (C=O) groups excluding carboxylic acids is 9. The number of aliphatic hydroxyl groups excluding tert-OH is 5. The highest BCUT2D eigenvalue weighted by atomic mass is 16.4. The number of benzene rings is 1. The topological polar surface area (TPSA) is 538 Å². The third-order valence-corrected chi connectivity index (χ3v) is 13.0. The summed E-state index contributed by atoms with van der Waals surface area (Å²) >= 11 is 0. The van der Waals surface area contributed by atoms with Crippen molar-refractivity contribution < 1.29 is 78.6 Å². The molecule has 12 atom stereocenters. The Morgan fingerprint density at radius 3 is 1.52 bits per heavy atom. The smallest absolute Gasteiger partial charge is 0.328 e. The highest BCUT2D eigenvalue weighted by Gasteiger charge is 2.45. The van der Waals surface area contributed by atoms with Crippen LogP contribution in [0.5, 0.6) is 0 Å². The van der Waals surface area contributed by atoms with Gasteiger partial charge in [0.1, 0.15) is 60.4 Å². The Kier molecular flexibility index (Phi) is 27.4. The summed E-state index contributed by atoms with van der Waals surface area (Å²) in [5, 5.41) is 76.2. The van der Waals surface area contributed by atoms with Crippen molar-refractivity contribution in [1.82, 2.24) is 47.0 Å². The lowest BCUT2D eigenvalue weighted by molar-refractivity contribution is -0.150. The zero-order valence-electron chi connectivity index (χ0n) is 44.6. The van der Waals surface area contributed by atoms with E-state index in [0.29, 0.717) is 18.4 Å². The maximum absolute atomic E-state index is 14.5. The van der Waals surface area contributed by atoms with Crippen molar-refractivity contribution in [3.63, 3.8) is 0 Å². The molecule has 0 bridgehead atoms. The number of amides is 9. The second-order valence-corrected chi connectivity index (χ2v) is 19.2. The van der Waals surface area contributed by atoms with Crippen molar-refractivity contribution in [3.8, 4) is 0 Å². The van der Waals surface area contributed by atoms with E-state index in [-0.39, 0.29) is 83.0 Å². The third-order valence-electron chi connectivity index (χ3n) is 13.0. The molecule has 80 heavy (non-hydrogen) atoms. The maximum Gasteiger partial charge on any atom is 0.328 e. The van der Waals surface area contributed by atoms with E-state index in [1.54, 1.807) is 30.3 Å². The summed E-state index contributed by atoms with van der Waals surface area (Å²) in [6.45, 7) is -0.441. The van der Waals surface area contributed by atoms with E-state index in [4.69, 9.17) is 28.7 Å². The molecule has 2 heterocycles. The molecule has 32 nitrogen and oxygen atoms in total. The van der Waals surface area contributed by atoms with Crippen LogP contribution in [0.1, 0.15) is 70.8 Å². The summed E-state index contributed by atoms with van der Waals surface area (Å²) in [6.07, 6.45) is -2.76. The van der Waals surface area contributed by atoms with Gasteiger partial charge in [-0.2, -0.15) is 0 Å². The number of likely N-dealkylation sites (tertiary alicyclic amines) is 2. The van der Waals surface area contributed by atoms with Crippen LogP contribution in [0.2, 0.25) is 0 Å². The van der Waals surface area contributed by atoms with Crippen LogP contribution in [0.3, 0.4) is 0 Å². The molecular formula is C48H78N16O16. The van der Waals surface area contributed by atoms with Gasteiger partial charge in [0.2, 0.25) is 53.2 Å². The first-order valence-electron chi connectivity index (χ1n) is 25.9. The van der Waals surface area contributed by atoms with Gasteiger partial charge in [0.25, 0.3) is 0 Å². The minimum Gasteiger partial charge on any atom is -0.480 e. The Balaban J connectivity index is 1.94. The minimum atomic E-state index is -1.81. The van der Waals surface area contributed by atoms with E-state index in [1.807, 2.05) is 0 Å². The lowest BCUT2D eigenvalue weighted by atomic mass is 10.0. The first kappa shape index (κ1) is 66.5. The van der Waals surface area contributed by atoms with Crippen molar-refractivity contribution >= 4 is 71.1 Å². The summed E-state index contributed by atoms with van der Waals surface area (Å²) in [5.41, 5.74) is 28.0. The van der Waals surface area contributed by atoms with Crippen molar-refractivity contribution in [2.24, 2.45) is 38.7 Å². The zero-order valence-corrected chi connectivity index (χ0v) is 44.6. The van der Waals surface area contributed by atoms with Gasteiger partial charge in [-0.15, -0.1) is 0 Å². The van der Waals surface area contributed by atoms with Crippen LogP contribution in [-0.2, 0) is 54.4 Å². The molecule has 2 saturated heterocycles. The SMILES string of the molecule is C[C@@H](O)[C@H](NC(=O)[C@@H](N)CO)C(=O)N[C@@H](CO)C(=O)N[C@@H](CCCN=C(N)N)C(=O)N[C@@H](CCCN=C(N)N)C(=O)N[C@@H](Cc1ccccc1)C(=O)N[C@H](C(=O)N1CCC[C@H]1C(=O)N1CCC[C@H]1C(=O)N[C@@H](CO)C(=O)O)[C@@H](C)O. The van der Waals surface area contributed by atoms with Gasteiger partial charge in [0.05, 0.1) is 32.0 Å². The zero-order chi connectivity index (χ0) is 59.8. The number of hydrogen-bond acceptors (Lipinski definition) is 18. The number of aliphatic hydroxyl groups is 5. The Morgan fingerprint density at radius 2 is 1.04 bits per heavy atom. The van der Waals surface area contributed by atoms with E-state index in [2.05, 4.69) is 47.2 Å². The molecule has 3 rings (SSSR count). The molecule has 0 radical (unpaired) electrons. The predicted molar refractivity (Wildman–Crippen MR) is 283 cm³/mol. The normalized spacial score (nSPS) is 18.6. The predicted octanol–water partition coefficient (Wildman–Crippen LogP) is -9.14. The molecule has 2 aliphatic heterocycles. The molecule has 2 fully saturated rings. The number of rotatable bonds is 32.